The minimum Gasteiger partial charge on any atom is -0.301 e. The average molecular weight is 342 g/mol. The number of aromatic nitrogens is 2. The molecule has 0 unspecified atom stereocenters. The summed E-state index contributed by atoms with van der Waals surface area (Å²) in [6, 6.07) is 8.41. The van der Waals surface area contributed by atoms with E-state index < -0.39 is 0 Å². The molecule has 2 heterocycles. The minimum absolute atomic E-state index is 0.0780. The zero-order valence-corrected chi connectivity index (χ0v) is 14.8. The number of H-pyrrole nitrogens is 1. The van der Waals surface area contributed by atoms with Gasteiger partial charge >= 0.3 is 0 Å². The summed E-state index contributed by atoms with van der Waals surface area (Å²) in [6.45, 7) is 8.03. The van der Waals surface area contributed by atoms with Gasteiger partial charge in [0.05, 0.1) is 5.39 Å². The lowest BCUT2D eigenvalue weighted by Gasteiger charge is -2.06. The van der Waals surface area contributed by atoms with Crippen LogP contribution in [0.25, 0.3) is 21.3 Å². The SMILES string of the molecule is C=CCSc1nc2scc(-c3ccc(C(C)C)cc3)c2c(=O)[nH]1. The van der Waals surface area contributed by atoms with Crippen LogP contribution in [0.5, 0.6) is 0 Å². The molecule has 0 aliphatic carbocycles. The van der Waals surface area contributed by atoms with Crippen molar-refractivity contribution in [1.29, 1.82) is 0 Å². The fourth-order valence-corrected chi connectivity index (χ4v) is 4.00. The number of benzene rings is 1. The minimum atomic E-state index is -0.0780. The zero-order chi connectivity index (χ0) is 16.4. The molecule has 0 aliphatic heterocycles. The molecule has 0 spiro atoms. The summed E-state index contributed by atoms with van der Waals surface area (Å²) in [5.41, 5.74) is 3.22. The number of aromatic amines is 1. The number of rotatable bonds is 5. The van der Waals surface area contributed by atoms with Crippen LogP contribution in [0.15, 0.2) is 52.3 Å². The maximum Gasteiger partial charge on any atom is 0.260 e. The fraction of sp³-hybridized carbons (Fsp3) is 0.222. The van der Waals surface area contributed by atoms with Crippen LogP contribution in [0.4, 0.5) is 0 Å². The first-order valence-corrected chi connectivity index (χ1v) is 9.32. The molecule has 2 aromatic heterocycles. The Morgan fingerprint density at radius 3 is 2.74 bits per heavy atom. The molecule has 0 radical (unpaired) electrons. The summed E-state index contributed by atoms with van der Waals surface area (Å²) < 4.78 is 0. The molecule has 23 heavy (non-hydrogen) atoms. The molecule has 0 saturated carbocycles. The highest BCUT2D eigenvalue weighted by atomic mass is 32.2. The fourth-order valence-electron chi connectivity index (χ4n) is 2.40. The summed E-state index contributed by atoms with van der Waals surface area (Å²) in [4.78, 5) is 20.7. The lowest BCUT2D eigenvalue weighted by Crippen LogP contribution is -2.08. The number of nitrogens with one attached hydrogen (secondary N) is 1. The van der Waals surface area contributed by atoms with Gasteiger partial charge in [-0.05, 0) is 17.0 Å². The second-order valence-corrected chi connectivity index (χ2v) is 7.44. The second-order valence-electron chi connectivity index (χ2n) is 5.58. The highest BCUT2D eigenvalue weighted by Gasteiger charge is 2.13. The van der Waals surface area contributed by atoms with Gasteiger partial charge in [-0.2, -0.15) is 0 Å². The van der Waals surface area contributed by atoms with Crippen LogP contribution in [-0.2, 0) is 0 Å². The third-order valence-electron chi connectivity index (χ3n) is 3.65. The van der Waals surface area contributed by atoms with Crippen molar-refractivity contribution in [3.63, 3.8) is 0 Å². The summed E-state index contributed by atoms with van der Waals surface area (Å²) in [7, 11) is 0. The monoisotopic (exact) mass is 342 g/mol. The predicted octanol–water partition coefficient (Wildman–Crippen LogP) is 5.05. The van der Waals surface area contributed by atoms with Crippen molar-refractivity contribution in [2.75, 3.05) is 5.75 Å². The molecule has 0 amide bonds. The standard InChI is InChI=1S/C18H18N2OS2/c1-4-9-22-18-19-16(21)15-14(10-23-17(15)20-18)13-7-5-12(6-8-13)11(2)3/h4-8,10-11H,1,9H2,2-3H3,(H,19,20,21). The van der Waals surface area contributed by atoms with Crippen LogP contribution < -0.4 is 5.56 Å². The van der Waals surface area contributed by atoms with Crippen LogP contribution in [0.3, 0.4) is 0 Å². The van der Waals surface area contributed by atoms with E-state index in [9.17, 15) is 4.79 Å². The third kappa shape index (κ3) is 3.26. The zero-order valence-electron chi connectivity index (χ0n) is 13.1. The van der Waals surface area contributed by atoms with E-state index in [1.807, 2.05) is 5.38 Å². The van der Waals surface area contributed by atoms with Crippen molar-refractivity contribution in [1.82, 2.24) is 9.97 Å². The van der Waals surface area contributed by atoms with Crippen LogP contribution >= 0.6 is 23.1 Å². The van der Waals surface area contributed by atoms with Crippen LogP contribution in [-0.4, -0.2) is 15.7 Å². The first kappa shape index (κ1) is 16.0. The molecule has 0 aliphatic rings. The topological polar surface area (TPSA) is 45.8 Å². The molecule has 0 fully saturated rings. The molecule has 0 saturated heterocycles. The van der Waals surface area contributed by atoms with E-state index >= 15 is 0 Å². The van der Waals surface area contributed by atoms with E-state index in [1.165, 1.54) is 28.7 Å². The van der Waals surface area contributed by atoms with Crippen molar-refractivity contribution in [2.45, 2.75) is 24.9 Å². The van der Waals surface area contributed by atoms with Gasteiger partial charge < -0.3 is 4.98 Å². The lowest BCUT2D eigenvalue weighted by atomic mass is 9.99. The van der Waals surface area contributed by atoms with E-state index in [2.05, 4.69) is 54.7 Å². The maximum atomic E-state index is 12.5. The Kier molecular flexibility index (Phi) is 4.68. The third-order valence-corrected chi connectivity index (χ3v) is 5.39. The van der Waals surface area contributed by atoms with Crippen molar-refractivity contribution < 1.29 is 0 Å². The van der Waals surface area contributed by atoms with Gasteiger partial charge in [0.1, 0.15) is 4.83 Å². The van der Waals surface area contributed by atoms with Crippen molar-refractivity contribution in [3.05, 3.63) is 58.2 Å². The van der Waals surface area contributed by atoms with Crippen molar-refractivity contribution in [2.24, 2.45) is 0 Å². The molecule has 0 atom stereocenters. The molecule has 118 valence electrons. The number of nitrogens with zero attached hydrogens (tertiary/aromatic N) is 1. The number of fused-ring (bicyclic) bond motifs is 1. The maximum absolute atomic E-state index is 12.5. The van der Waals surface area contributed by atoms with Crippen molar-refractivity contribution in [3.8, 4) is 11.1 Å². The Bertz CT molecular complexity index is 892. The smallest absolute Gasteiger partial charge is 0.260 e. The Labute approximate surface area is 143 Å². The summed E-state index contributed by atoms with van der Waals surface area (Å²) >= 11 is 2.99. The van der Waals surface area contributed by atoms with E-state index in [-0.39, 0.29) is 5.56 Å². The number of thioether (sulfide) groups is 1. The Balaban J connectivity index is 2.05. The molecule has 1 N–H and O–H groups in total. The second kappa shape index (κ2) is 6.72. The number of hydrogen-bond donors (Lipinski definition) is 1. The Hall–Kier alpha value is -1.85. The van der Waals surface area contributed by atoms with Crippen LogP contribution in [0.2, 0.25) is 0 Å². The largest absolute Gasteiger partial charge is 0.301 e. The van der Waals surface area contributed by atoms with Gasteiger partial charge in [-0.15, -0.1) is 17.9 Å². The molecule has 1 aromatic carbocycles. The lowest BCUT2D eigenvalue weighted by molar-refractivity contribution is 0.867. The Morgan fingerprint density at radius 1 is 1.35 bits per heavy atom. The molecule has 3 nitrogen and oxygen atoms in total. The van der Waals surface area contributed by atoms with Gasteiger partial charge in [-0.1, -0.05) is 56.0 Å². The Morgan fingerprint density at radius 2 is 2.09 bits per heavy atom. The van der Waals surface area contributed by atoms with Gasteiger partial charge in [-0.25, -0.2) is 4.98 Å². The normalized spacial score (nSPS) is 11.3. The molecular formula is C18H18N2OS2. The predicted molar refractivity (Wildman–Crippen MR) is 101 cm³/mol. The van der Waals surface area contributed by atoms with E-state index in [0.717, 1.165) is 21.7 Å². The van der Waals surface area contributed by atoms with Gasteiger partial charge in [0.25, 0.3) is 5.56 Å². The number of thiophene rings is 1. The highest BCUT2D eigenvalue weighted by Crippen LogP contribution is 2.32. The summed E-state index contributed by atoms with van der Waals surface area (Å²) in [6.07, 6.45) is 1.80. The van der Waals surface area contributed by atoms with E-state index in [1.54, 1.807) is 6.08 Å². The van der Waals surface area contributed by atoms with Gasteiger partial charge in [0.2, 0.25) is 0 Å². The first-order chi connectivity index (χ1) is 11.1. The van der Waals surface area contributed by atoms with Crippen LogP contribution in [0.1, 0.15) is 25.3 Å². The molecular weight excluding hydrogens is 324 g/mol. The van der Waals surface area contributed by atoms with Gasteiger partial charge in [0, 0.05) is 16.7 Å². The summed E-state index contributed by atoms with van der Waals surface area (Å²) in [5.74, 6) is 1.22. The molecule has 5 heteroatoms. The van der Waals surface area contributed by atoms with Crippen molar-refractivity contribution >= 4 is 33.3 Å². The quantitative estimate of drug-likeness (QED) is 0.401. The average Bonchev–Trinajstić information content (AvgIpc) is 2.97. The molecule has 3 rings (SSSR count). The highest BCUT2D eigenvalue weighted by molar-refractivity contribution is 7.99. The van der Waals surface area contributed by atoms with E-state index in [4.69, 9.17) is 0 Å². The van der Waals surface area contributed by atoms with Crippen LogP contribution in [0, 0.1) is 0 Å². The van der Waals surface area contributed by atoms with Gasteiger partial charge in [-0.3, -0.25) is 4.79 Å². The molecule has 3 aromatic rings. The van der Waals surface area contributed by atoms with Gasteiger partial charge in [0.15, 0.2) is 5.16 Å². The summed E-state index contributed by atoms with van der Waals surface area (Å²) in [5, 5.41) is 3.33. The number of hydrogen-bond acceptors (Lipinski definition) is 4. The molecule has 0 bridgehead atoms. The first-order valence-electron chi connectivity index (χ1n) is 7.45. The van der Waals surface area contributed by atoms with E-state index in [0.29, 0.717) is 16.5 Å².